The molecule has 0 atom stereocenters. The number of nitrogens with zero attached hydrogens (tertiary/aromatic N) is 2. The molecule has 0 bridgehead atoms. The monoisotopic (exact) mass is 270 g/mol. The Balaban J connectivity index is 2.18. The first-order valence-electron chi connectivity index (χ1n) is 6.59. The number of pyridine rings is 1. The summed E-state index contributed by atoms with van der Waals surface area (Å²) in [4.78, 5) is 18.1. The van der Waals surface area contributed by atoms with Crippen molar-refractivity contribution in [1.82, 2.24) is 9.88 Å². The van der Waals surface area contributed by atoms with Crippen molar-refractivity contribution in [3.05, 3.63) is 59.4 Å². The summed E-state index contributed by atoms with van der Waals surface area (Å²) in [6, 6.07) is 8.80. The first-order chi connectivity index (χ1) is 9.61. The van der Waals surface area contributed by atoms with Gasteiger partial charge in [0.1, 0.15) is 5.75 Å². The van der Waals surface area contributed by atoms with Gasteiger partial charge in [-0.05, 0) is 49.2 Å². The summed E-state index contributed by atoms with van der Waals surface area (Å²) >= 11 is 0. The van der Waals surface area contributed by atoms with Gasteiger partial charge in [-0.2, -0.15) is 0 Å². The zero-order valence-electron chi connectivity index (χ0n) is 11.7. The van der Waals surface area contributed by atoms with Crippen molar-refractivity contribution in [2.24, 2.45) is 0 Å². The molecular formula is C16H18N2O2. The van der Waals surface area contributed by atoms with E-state index in [9.17, 15) is 9.90 Å². The van der Waals surface area contributed by atoms with Crippen LogP contribution in [-0.4, -0.2) is 27.4 Å². The second-order valence-electron chi connectivity index (χ2n) is 4.68. The average Bonchev–Trinajstić information content (AvgIpc) is 2.48. The lowest BCUT2D eigenvalue weighted by molar-refractivity contribution is 0.0752. The topological polar surface area (TPSA) is 53.4 Å². The van der Waals surface area contributed by atoms with E-state index in [0.717, 1.165) is 11.1 Å². The van der Waals surface area contributed by atoms with Gasteiger partial charge in [0.05, 0.1) is 0 Å². The smallest absolute Gasteiger partial charge is 0.254 e. The zero-order chi connectivity index (χ0) is 14.5. The normalized spacial score (nSPS) is 10.3. The third-order valence-electron chi connectivity index (χ3n) is 3.25. The summed E-state index contributed by atoms with van der Waals surface area (Å²) in [6.07, 6.45) is 3.43. The van der Waals surface area contributed by atoms with Crippen LogP contribution in [0.2, 0.25) is 0 Å². The number of hydrogen-bond donors (Lipinski definition) is 1. The van der Waals surface area contributed by atoms with Crippen LogP contribution in [0.25, 0.3) is 0 Å². The lowest BCUT2D eigenvalue weighted by Gasteiger charge is -2.21. The van der Waals surface area contributed by atoms with Crippen LogP contribution >= 0.6 is 0 Å². The number of carbonyl (C=O) groups excluding carboxylic acids is 1. The van der Waals surface area contributed by atoms with E-state index >= 15 is 0 Å². The van der Waals surface area contributed by atoms with Gasteiger partial charge in [0.25, 0.3) is 5.91 Å². The van der Waals surface area contributed by atoms with Crippen molar-refractivity contribution in [3.63, 3.8) is 0 Å². The summed E-state index contributed by atoms with van der Waals surface area (Å²) in [5.74, 6) is 0.0652. The van der Waals surface area contributed by atoms with Crippen LogP contribution < -0.4 is 0 Å². The molecule has 1 amide bonds. The third-order valence-corrected chi connectivity index (χ3v) is 3.25. The van der Waals surface area contributed by atoms with Crippen molar-refractivity contribution < 1.29 is 9.90 Å². The molecular weight excluding hydrogens is 252 g/mol. The minimum Gasteiger partial charge on any atom is -0.508 e. The quantitative estimate of drug-likeness (QED) is 0.929. The van der Waals surface area contributed by atoms with E-state index in [1.54, 1.807) is 36.4 Å². The standard InChI is InChI=1S/C16H18N2O2/c1-3-18(11-13-6-8-17-9-7-13)16(20)14-5-4-12(2)15(19)10-14/h4-10,19H,3,11H2,1-2H3. The number of phenols is 1. The number of aryl methyl sites for hydroxylation is 1. The number of rotatable bonds is 4. The van der Waals surface area contributed by atoms with Gasteiger partial charge in [-0.25, -0.2) is 0 Å². The van der Waals surface area contributed by atoms with E-state index in [1.807, 2.05) is 19.1 Å². The molecule has 20 heavy (non-hydrogen) atoms. The Hall–Kier alpha value is -2.36. The van der Waals surface area contributed by atoms with Crippen molar-refractivity contribution >= 4 is 5.91 Å². The summed E-state index contributed by atoms with van der Waals surface area (Å²) in [7, 11) is 0. The summed E-state index contributed by atoms with van der Waals surface area (Å²) < 4.78 is 0. The number of aromatic hydroxyl groups is 1. The number of benzene rings is 1. The Kier molecular flexibility index (Phi) is 4.35. The van der Waals surface area contributed by atoms with Crippen LogP contribution in [0.15, 0.2) is 42.7 Å². The van der Waals surface area contributed by atoms with E-state index in [4.69, 9.17) is 0 Å². The molecule has 0 spiro atoms. The highest BCUT2D eigenvalue weighted by Crippen LogP contribution is 2.19. The molecule has 0 saturated heterocycles. The van der Waals surface area contributed by atoms with Crippen LogP contribution in [0, 0.1) is 6.92 Å². The summed E-state index contributed by atoms with van der Waals surface area (Å²) in [6.45, 7) is 4.88. The maximum Gasteiger partial charge on any atom is 0.254 e. The first-order valence-corrected chi connectivity index (χ1v) is 6.59. The number of hydrogen-bond acceptors (Lipinski definition) is 3. The molecule has 0 fully saturated rings. The van der Waals surface area contributed by atoms with Gasteiger partial charge in [-0.1, -0.05) is 6.07 Å². The highest BCUT2D eigenvalue weighted by molar-refractivity contribution is 5.94. The van der Waals surface area contributed by atoms with Gasteiger partial charge in [0.15, 0.2) is 0 Å². The molecule has 1 heterocycles. The fraction of sp³-hybridized carbons (Fsp3) is 0.250. The number of carbonyl (C=O) groups is 1. The van der Waals surface area contributed by atoms with Crippen molar-refractivity contribution in [2.45, 2.75) is 20.4 Å². The van der Waals surface area contributed by atoms with Crippen LogP contribution in [0.1, 0.15) is 28.4 Å². The molecule has 1 aromatic carbocycles. The van der Waals surface area contributed by atoms with Crippen LogP contribution in [0.3, 0.4) is 0 Å². The molecule has 2 aromatic rings. The van der Waals surface area contributed by atoms with E-state index in [-0.39, 0.29) is 11.7 Å². The molecule has 0 aliphatic rings. The molecule has 1 N–H and O–H groups in total. The Bertz CT molecular complexity index is 597. The first kappa shape index (κ1) is 14.1. The van der Waals surface area contributed by atoms with E-state index in [2.05, 4.69) is 4.98 Å². The minimum absolute atomic E-state index is 0.0837. The van der Waals surface area contributed by atoms with Crippen LogP contribution in [-0.2, 0) is 6.54 Å². The molecule has 2 rings (SSSR count). The zero-order valence-corrected chi connectivity index (χ0v) is 11.7. The largest absolute Gasteiger partial charge is 0.508 e. The molecule has 0 aliphatic carbocycles. The van der Waals surface area contributed by atoms with Gasteiger partial charge in [-0.15, -0.1) is 0 Å². The van der Waals surface area contributed by atoms with Gasteiger partial charge >= 0.3 is 0 Å². The Morgan fingerprint density at radius 2 is 1.95 bits per heavy atom. The number of aromatic nitrogens is 1. The predicted octanol–water partition coefficient (Wildman–Crippen LogP) is 2.76. The van der Waals surface area contributed by atoms with Crippen LogP contribution in [0.5, 0.6) is 5.75 Å². The fourth-order valence-electron chi connectivity index (χ4n) is 1.96. The summed E-state index contributed by atoms with van der Waals surface area (Å²) in [5.41, 5.74) is 2.30. The second kappa shape index (κ2) is 6.19. The van der Waals surface area contributed by atoms with E-state index in [1.165, 1.54) is 6.07 Å². The van der Waals surface area contributed by atoms with Gasteiger partial charge in [-0.3, -0.25) is 9.78 Å². The molecule has 0 saturated carbocycles. The SMILES string of the molecule is CCN(Cc1ccncc1)C(=O)c1ccc(C)c(O)c1. The minimum atomic E-state index is -0.0837. The van der Waals surface area contributed by atoms with E-state index in [0.29, 0.717) is 18.7 Å². The third kappa shape index (κ3) is 3.15. The Labute approximate surface area is 118 Å². The molecule has 104 valence electrons. The van der Waals surface area contributed by atoms with Crippen molar-refractivity contribution in [1.29, 1.82) is 0 Å². The van der Waals surface area contributed by atoms with Gasteiger partial charge in [0.2, 0.25) is 0 Å². The lowest BCUT2D eigenvalue weighted by Crippen LogP contribution is -2.30. The Morgan fingerprint density at radius 1 is 1.25 bits per heavy atom. The molecule has 0 radical (unpaired) electrons. The fourth-order valence-corrected chi connectivity index (χ4v) is 1.96. The molecule has 0 unspecified atom stereocenters. The second-order valence-corrected chi connectivity index (χ2v) is 4.68. The average molecular weight is 270 g/mol. The highest BCUT2D eigenvalue weighted by Gasteiger charge is 2.15. The van der Waals surface area contributed by atoms with Gasteiger partial charge < -0.3 is 10.0 Å². The predicted molar refractivity (Wildman–Crippen MR) is 77.5 cm³/mol. The van der Waals surface area contributed by atoms with E-state index < -0.39 is 0 Å². The highest BCUT2D eigenvalue weighted by atomic mass is 16.3. The maximum absolute atomic E-state index is 12.4. The molecule has 4 heteroatoms. The van der Waals surface area contributed by atoms with Crippen LogP contribution in [0.4, 0.5) is 0 Å². The Morgan fingerprint density at radius 3 is 2.55 bits per heavy atom. The van der Waals surface area contributed by atoms with Gasteiger partial charge in [0, 0.05) is 31.0 Å². The lowest BCUT2D eigenvalue weighted by atomic mass is 10.1. The molecule has 0 aliphatic heterocycles. The van der Waals surface area contributed by atoms with Crippen molar-refractivity contribution in [2.75, 3.05) is 6.54 Å². The number of phenolic OH excluding ortho intramolecular Hbond substituents is 1. The number of amides is 1. The summed E-state index contributed by atoms with van der Waals surface area (Å²) in [5, 5.41) is 9.71. The molecule has 4 nitrogen and oxygen atoms in total. The molecule has 1 aromatic heterocycles. The van der Waals surface area contributed by atoms with Crippen molar-refractivity contribution in [3.8, 4) is 5.75 Å². The maximum atomic E-state index is 12.4.